The van der Waals surface area contributed by atoms with Crippen LogP contribution >= 0.6 is 0 Å². The van der Waals surface area contributed by atoms with E-state index in [0.29, 0.717) is 0 Å². The average molecular weight is 296 g/mol. The summed E-state index contributed by atoms with van der Waals surface area (Å²) in [4.78, 5) is 12.4. The third kappa shape index (κ3) is 4.73. The number of ketones is 1. The van der Waals surface area contributed by atoms with Gasteiger partial charge in [-0.05, 0) is 57.8 Å². The van der Waals surface area contributed by atoms with E-state index in [0.717, 1.165) is 48.3 Å². The maximum atomic E-state index is 12.4. The van der Waals surface area contributed by atoms with Crippen molar-refractivity contribution in [1.82, 2.24) is 0 Å². The van der Waals surface area contributed by atoms with Gasteiger partial charge in [0.25, 0.3) is 0 Å². The average Bonchev–Trinajstić information content (AvgIpc) is 2.53. The second-order valence-corrected chi connectivity index (χ2v) is 5.86. The molecule has 0 atom stereocenters. The van der Waals surface area contributed by atoms with Gasteiger partial charge in [0, 0.05) is 12.0 Å². The van der Waals surface area contributed by atoms with Gasteiger partial charge in [-0.15, -0.1) is 0 Å². The summed E-state index contributed by atoms with van der Waals surface area (Å²) in [6.07, 6.45) is 17.6. The summed E-state index contributed by atoms with van der Waals surface area (Å²) in [6.45, 7) is 5.87. The molecule has 0 aromatic rings. The first-order valence-electron chi connectivity index (χ1n) is 7.86. The highest BCUT2D eigenvalue weighted by molar-refractivity contribution is 6.08. The molecule has 0 fully saturated rings. The first kappa shape index (κ1) is 16.3. The van der Waals surface area contributed by atoms with E-state index in [1.54, 1.807) is 0 Å². The molecule has 0 spiro atoms. The molecule has 0 saturated heterocycles. The molecule has 0 N–H and O–H groups in total. The van der Waals surface area contributed by atoms with E-state index >= 15 is 0 Å². The van der Waals surface area contributed by atoms with Crippen LogP contribution in [0.2, 0.25) is 0 Å². The topological polar surface area (TPSA) is 26.3 Å². The minimum atomic E-state index is 0.132. The van der Waals surface area contributed by atoms with Crippen molar-refractivity contribution in [2.45, 2.75) is 46.5 Å². The van der Waals surface area contributed by atoms with Crippen molar-refractivity contribution in [3.8, 4) is 0 Å². The van der Waals surface area contributed by atoms with E-state index in [1.165, 1.54) is 5.57 Å². The number of hydrogen-bond donors (Lipinski definition) is 0. The lowest BCUT2D eigenvalue weighted by atomic mass is 9.93. The van der Waals surface area contributed by atoms with Crippen LogP contribution in [0.25, 0.3) is 0 Å². The lowest BCUT2D eigenvalue weighted by Gasteiger charge is -2.12. The lowest BCUT2D eigenvalue weighted by Crippen LogP contribution is -2.06. The fourth-order valence-electron chi connectivity index (χ4n) is 2.41. The minimum absolute atomic E-state index is 0.132. The monoisotopic (exact) mass is 296 g/mol. The molecular formula is C20H24O2. The fraction of sp³-hybridized carbons (Fsp3) is 0.350. The van der Waals surface area contributed by atoms with E-state index in [4.69, 9.17) is 4.74 Å². The Bertz CT molecular complexity index is 622. The molecule has 0 radical (unpaired) electrons. The number of carbonyl (C=O) groups is 1. The number of Topliss-reactive ketones (excluding diaryl/α,β-unsaturated/α-hetero) is 1. The molecule has 0 bridgehead atoms. The van der Waals surface area contributed by atoms with E-state index < -0.39 is 0 Å². The van der Waals surface area contributed by atoms with E-state index in [1.807, 2.05) is 50.3 Å². The molecule has 2 rings (SSSR count). The smallest absolute Gasteiger partial charge is 0.184 e. The third-order valence-electron chi connectivity index (χ3n) is 3.84. The zero-order valence-electron chi connectivity index (χ0n) is 13.7. The van der Waals surface area contributed by atoms with Crippen LogP contribution in [-0.4, -0.2) is 5.78 Å². The molecule has 0 aromatic carbocycles. The Kier molecular flexibility index (Phi) is 5.76. The van der Waals surface area contributed by atoms with Gasteiger partial charge in [0.05, 0.1) is 0 Å². The van der Waals surface area contributed by atoms with Gasteiger partial charge in [0.1, 0.15) is 11.5 Å². The molecule has 0 aliphatic heterocycles. The molecule has 0 amide bonds. The molecule has 0 aromatic heterocycles. The predicted octanol–water partition coefficient (Wildman–Crippen LogP) is 5.32. The number of allylic oxidation sites excluding steroid dienone is 12. The predicted molar refractivity (Wildman–Crippen MR) is 91.1 cm³/mol. The van der Waals surface area contributed by atoms with Crippen molar-refractivity contribution >= 4 is 5.78 Å². The Morgan fingerprint density at radius 3 is 2.55 bits per heavy atom. The van der Waals surface area contributed by atoms with Crippen LogP contribution < -0.4 is 0 Å². The molecule has 2 nitrogen and oxygen atoms in total. The van der Waals surface area contributed by atoms with Gasteiger partial charge >= 0.3 is 0 Å². The van der Waals surface area contributed by atoms with Crippen LogP contribution in [-0.2, 0) is 9.53 Å². The Hall–Kier alpha value is -2.09. The number of hydrogen-bond acceptors (Lipinski definition) is 2. The van der Waals surface area contributed by atoms with Crippen molar-refractivity contribution in [3.63, 3.8) is 0 Å². The van der Waals surface area contributed by atoms with Gasteiger partial charge in [-0.25, -0.2) is 0 Å². The molecule has 0 heterocycles. The summed E-state index contributed by atoms with van der Waals surface area (Å²) < 4.78 is 5.77. The third-order valence-corrected chi connectivity index (χ3v) is 3.84. The first-order valence-corrected chi connectivity index (χ1v) is 7.86. The van der Waals surface area contributed by atoms with Crippen LogP contribution in [0.4, 0.5) is 0 Å². The van der Waals surface area contributed by atoms with Crippen molar-refractivity contribution in [3.05, 3.63) is 70.8 Å². The standard InChI is InChI=1S/C20H24O2/c1-15-9-13-18(14-10-15)20(21)16(2)11-12-17(3)22-19-7-5-4-6-8-19/h4-5,7,9,11-13H,6,8,10,14H2,1-3H3/b16-11+,17-12+. The molecular weight excluding hydrogens is 272 g/mol. The largest absolute Gasteiger partial charge is 0.466 e. The molecule has 2 aliphatic carbocycles. The highest BCUT2D eigenvalue weighted by Crippen LogP contribution is 2.21. The highest BCUT2D eigenvalue weighted by atomic mass is 16.5. The van der Waals surface area contributed by atoms with Crippen LogP contribution in [0, 0.1) is 0 Å². The van der Waals surface area contributed by atoms with Gasteiger partial charge in [-0.2, -0.15) is 0 Å². The van der Waals surface area contributed by atoms with E-state index in [-0.39, 0.29) is 5.78 Å². The maximum absolute atomic E-state index is 12.4. The molecule has 22 heavy (non-hydrogen) atoms. The van der Waals surface area contributed by atoms with Crippen LogP contribution in [0.1, 0.15) is 46.5 Å². The summed E-state index contributed by atoms with van der Waals surface area (Å²) >= 11 is 0. The zero-order valence-corrected chi connectivity index (χ0v) is 13.7. The Morgan fingerprint density at radius 1 is 1.09 bits per heavy atom. The Balaban J connectivity index is 1.99. The van der Waals surface area contributed by atoms with Gasteiger partial charge in [-0.1, -0.05) is 36.0 Å². The Labute approximate surface area is 133 Å². The summed E-state index contributed by atoms with van der Waals surface area (Å²) in [5.74, 6) is 1.92. The van der Waals surface area contributed by atoms with Crippen molar-refractivity contribution in [1.29, 1.82) is 0 Å². The molecule has 0 saturated carbocycles. The normalized spacial score (nSPS) is 19.3. The van der Waals surface area contributed by atoms with Crippen LogP contribution in [0.3, 0.4) is 0 Å². The Morgan fingerprint density at radius 2 is 1.91 bits per heavy atom. The van der Waals surface area contributed by atoms with Gasteiger partial charge in [-0.3, -0.25) is 4.79 Å². The maximum Gasteiger partial charge on any atom is 0.184 e. The second-order valence-electron chi connectivity index (χ2n) is 5.86. The van der Waals surface area contributed by atoms with Crippen molar-refractivity contribution in [2.75, 3.05) is 0 Å². The summed E-state index contributed by atoms with van der Waals surface area (Å²) in [5.41, 5.74) is 2.98. The highest BCUT2D eigenvalue weighted by Gasteiger charge is 2.13. The number of rotatable bonds is 5. The van der Waals surface area contributed by atoms with Gasteiger partial charge in [0.2, 0.25) is 0 Å². The van der Waals surface area contributed by atoms with Gasteiger partial charge in [0.15, 0.2) is 5.78 Å². The summed E-state index contributed by atoms with van der Waals surface area (Å²) in [6, 6.07) is 0. The molecule has 116 valence electrons. The summed E-state index contributed by atoms with van der Waals surface area (Å²) in [5, 5.41) is 0. The van der Waals surface area contributed by atoms with Crippen molar-refractivity contribution in [2.24, 2.45) is 0 Å². The number of ether oxygens (including phenoxy) is 1. The minimum Gasteiger partial charge on any atom is -0.466 e. The van der Waals surface area contributed by atoms with Crippen LogP contribution in [0.5, 0.6) is 0 Å². The van der Waals surface area contributed by atoms with Crippen LogP contribution in [0.15, 0.2) is 70.8 Å². The fourth-order valence-corrected chi connectivity index (χ4v) is 2.41. The van der Waals surface area contributed by atoms with Crippen molar-refractivity contribution < 1.29 is 9.53 Å². The second kappa shape index (κ2) is 7.79. The molecule has 2 heteroatoms. The lowest BCUT2D eigenvalue weighted by molar-refractivity contribution is -0.112. The van der Waals surface area contributed by atoms with Gasteiger partial charge < -0.3 is 4.74 Å². The SMILES string of the molecule is CC1=CC=C(C(=O)/C(C)=C/C=C(\C)OC2=CC=CCC2)CC1. The number of carbonyl (C=O) groups excluding carboxylic acids is 1. The zero-order chi connectivity index (χ0) is 15.9. The molecule has 0 unspecified atom stereocenters. The van der Waals surface area contributed by atoms with E-state index in [2.05, 4.69) is 13.0 Å². The first-order chi connectivity index (χ1) is 10.6. The molecule has 2 aliphatic rings. The van der Waals surface area contributed by atoms with E-state index in [9.17, 15) is 4.79 Å². The summed E-state index contributed by atoms with van der Waals surface area (Å²) in [7, 11) is 0. The quantitative estimate of drug-likeness (QED) is 0.390.